The zero-order valence-corrected chi connectivity index (χ0v) is 21.8. The third-order valence-electron chi connectivity index (χ3n) is 9.56. The number of anilines is 2. The smallest absolute Gasteiger partial charge is 0.126 e. The minimum atomic E-state index is 0.545. The van der Waals surface area contributed by atoms with Crippen LogP contribution in [0.5, 0.6) is 5.75 Å². The average molecular weight is 482 g/mol. The lowest BCUT2D eigenvalue weighted by molar-refractivity contribution is 0.224. The van der Waals surface area contributed by atoms with Crippen molar-refractivity contribution in [2.24, 2.45) is 23.7 Å². The maximum absolute atomic E-state index is 6.05. The van der Waals surface area contributed by atoms with Gasteiger partial charge in [-0.3, -0.25) is 4.84 Å². The van der Waals surface area contributed by atoms with Crippen LogP contribution in [0.15, 0.2) is 62.2 Å². The third-order valence-corrected chi connectivity index (χ3v) is 9.56. The van der Waals surface area contributed by atoms with Gasteiger partial charge in [0.1, 0.15) is 12.4 Å². The number of nitrogens with zero attached hydrogens (tertiary/aromatic N) is 1. The van der Waals surface area contributed by atoms with E-state index in [1.54, 1.807) is 7.11 Å². The number of benzene rings is 2. The summed E-state index contributed by atoms with van der Waals surface area (Å²) in [7, 11) is 1.76. The summed E-state index contributed by atoms with van der Waals surface area (Å²) in [6, 6.07) is 9.67. The zero-order valence-electron chi connectivity index (χ0n) is 21.8. The van der Waals surface area contributed by atoms with Crippen molar-refractivity contribution in [2.45, 2.75) is 57.3 Å². The van der Waals surface area contributed by atoms with Crippen LogP contribution in [-0.4, -0.2) is 13.7 Å². The van der Waals surface area contributed by atoms with Crippen LogP contribution in [0.4, 0.5) is 11.4 Å². The van der Waals surface area contributed by atoms with Gasteiger partial charge in [-0.25, -0.2) is 5.06 Å². The Balaban J connectivity index is 1.24. The molecule has 2 aromatic carbocycles. The van der Waals surface area contributed by atoms with E-state index in [1.165, 1.54) is 64.9 Å². The molecule has 0 N–H and O–H groups in total. The van der Waals surface area contributed by atoms with E-state index in [2.05, 4.69) is 50.9 Å². The van der Waals surface area contributed by atoms with Crippen molar-refractivity contribution in [3.05, 3.63) is 90.0 Å². The van der Waals surface area contributed by atoms with E-state index in [0.29, 0.717) is 18.4 Å². The average Bonchev–Trinajstić information content (AvgIpc) is 3.18. The van der Waals surface area contributed by atoms with Crippen LogP contribution in [0.1, 0.15) is 65.3 Å². The van der Waals surface area contributed by atoms with Gasteiger partial charge in [-0.2, -0.15) is 0 Å². The molecule has 0 aromatic heterocycles. The Bertz CT molecular complexity index is 1210. The van der Waals surface area contributed by atoms with Crippen molar-refractivity contribution in [2.75, 3.05) is 18.8 Å². The van der Waals surface area contributed by atoms with E-state index in [-0.39, 0.29) is 0 Å². The predicted molar refractivity (Wildman–Crippen MR) is 148 cm³/mol. The largest absolute Gasteiger partial charge is 0.489 e. The molecular weight excluding hydrogens is 442 g/mol. The number of aryl methyl sites for hydroxylation is 1. The summed E-state index contributed by atoms with van der Waals surface area (Å²) in [5, 5.41) is 1.98. The van der Waals surface area contributed by atoms with Crippen LogP contribution in [0.2, 0.25) is 0 Å². The molecule has 0 saturated heterocycles. The van der Waals surface area contributed by atoms with E-state index in [9.17, 15) is 0 Å². The van der Waals surface area contributed by atoms with Crippen LogP contribution in [0, 0.1) is 30.6 Å². The van der Waals surface area contributed by atoms with E-state index < -0.39 is 0 Å². The first-order valence-corrected chi connectivity index (χ1v) is 13.7. The molecule has 3 fully saturated rings. The minimum absolute atomic E-state index is 0.545. The van der Waals surface area contributed by atoms with E-state index in [4.69, 9.17) is 9.57 Å². The molecule has 6 atom stereocenters. The molecule has 1 heterocycles. The number of allylic oxidation sites excluding steroid dienone is 2. The Morgan fingerprint density at radius 3 is 2.36 bits per heavy atom. The summed E-state index contributed by atoms with van der Waals surface area (Å²) < 4.78 is 6.05. The van der Waals surface area contributed by atoms with Gasteiger partial charge in [-0.05, 0) is 115 Å². The standard InChI is InChI=1S/C33H39NO2/c1-6-9-21-13-23(19-31-32(21)34(31)35-5)24-15-27-26-17-28(30(18-26)29(27)16-24)25-12-20(4)33(36-11-8-3)22(14-25)10-7-2/h6-8,12-14,19,24,26-30H,1-3,9-11,15-18H2,4-5H3. The predicted octanol–water partition coefficient (Wildman–Crippen LogP) is 7.96. The van der Waals surface area contributed by atoms with Crippen LogP contribution >= 0.6 is 0 Å². The maximum Gasteiger partial charge on any atom is 0.126 e. The van der Waals surface area contributed by atoms with Gasteiger partial charge in [0.25, 0.3) is 0 Å². The first kappa shape index (κ1) is 23.6. The highest BCUT2D eigenvalue weighted by Gasteiger charge is 2.56. The second-order valence-corrected chi connectivity index (χ2v) is 11.4. The Morgan fingerprint density at radius 2 is 1.61 bits per heavy atom. The third kappa shape index (κ3) is 3.75. The van der Waals surface area contributed by atoms with Gasteiger partial charge >= 0.3 is 0 Å². The summed E-state index contributed by atoms with van der Waals surface area (Å²) in [5.74, 6) is 5.81. The SMILES string of the molecule is C=CCOc1c(C)cc(C2CC3CC2C2CC(c4cc(CC=C)c5c(c4)N5OC)CC32)cc1CC=C. The van der Waals surface area contributed by atoms with Crippen molar-refractivity contribution >= 4 is 11.4 Å². The van der Waals surface area contributed by atoms with Crippen molar-refractivity contribution < 1.29 is 9.57 Å². The number of hydrogen-bond acceptors (Lipinski definition) is 3. The van der Waals surface area contributed by atoms with Gasteiger partial charge in [0.05, 0.1) is 18.5 Å². The van der Waals surface area contributed by atoms with E-state index >= 15 is 0 Å². The molecule has 3 nitrogen and oxygen atoms in total. The van der Waals surface area contributed by atoms with Crippen molar-refractivity contribution in [1.29, 1.82) is 0 Å². The van der Waals surface area contributed by atoms with Gasteiger partial charge in [0.2, 0.25) is 0 Å². The lowest BCUT2D eigenvalue weighted by Gasteiger charge is -2.32. The molecule has 2 aromatic rings. The molecule has 188 valence electrons. The second kappa shape index (κ2) is 9.27. The lowest BCUT2D eigenvalue weighted by Crippen LogP contribution is -2.23. The lowest BCUT2D eigenvalue weighted by atomic mass is 9.72. The molecule has 0 spiro atoms. The molecule has 6 rings (SSSR count). The Morgan fingerprint density at radius 1 is 0.861 bits per heavy atom. The number of rotatable bonds is 10. The number of hydrogen-bond donors (Lipinski definition) is 0. The fourth-order valence-corrected chi connectivity index (χ4v) is 8.26. The minimum Gasteiger partial charge on any atom is -0.489 e. The zero-order chi connectivity index (χ0) is 25.0. The summed E-state index contributed by atoms with van der Waals surface area (Å²) in [5.41, 5.74) is 9.44. The Hall–Kier alpha value is -2.78. The first-order valence-electron chi connectivity index (χ1n) is 13.7. The van der Waals surface area contributed by atoms with Crippen LogP contribution < -0.4 is 9.80 Å². The number of fused-ring (bicyclic) bond motifs is 6. The summed E-state index contributed by atoms with van der Waals surface area (Å²) in [4.78, 5) is 5.56. The fourth-order valence-electron chi connectivity index (χ4n) is 8.26. The summed E-state index contributed by atoms with van der Waals surface area (Å²) >= 11 is 0. The topological polar surface area (TPSA) is 21.5 Å². The van der Waals surface area contributed by atoms with Gasteiger partial charge < -0.3 is 4.74 Å². The monoisotopic (exact) mass is 481 g/mol. The molecule has 3 heteroatoms. The molecule has 36 heavy (non-hydrogen) atoms. The highest BCUT2D eigenvalue weighted by atomic mass is 16.7. The molecule has 1 aliphatic heterocycles. The van der Waals surface area contributed by atoms with Crippen molar-refractivity contribution in [1.82, 2.24) is 0 Å². The number of ether oxygens (including phenoxy) is 1. The quantitative estimate of drug-likeness (QED) is 0.254. The maximum atomic E-state index is 6.05. The van der Waals surface area contributed by atoms with Crippen LogP contribution in [0.3, 0.4) is 0 Å². The first-order chi connectivity index (χ1) is 17.6. The van der Waals surface area contributed by atoms with Crippen LogP contribution in [-0.2, 0) is 17.7 Å². The Labute approximate surface area is 216 Å². The molecule has 3 saturated carbocycles. The molecule has 3 aliphatic carbocycles. The van der Waals surface area contributed by atoms with Gasteiger partial charge in [0.15, 0.2) is 0 Å². The molecule has 0 amide bonds. The molecular formula is C33H39NO2. The summed E-state index contributed by atoms with van der Waals surface area (Å²) in [6.07, 6.45) is 13.0. The van der Waals surface area contributed by atoms with Gasteiger partial charge in [-0.1, -0.05) is 43.0 Å². The van der Waals surface area contributed by atoms with Crippen LogP contribution in [0.25, 0.3) is 0 Å². The van der Waals surface area contributed by atoms with Crippen molar-refractivity contribution in [3.8, 4) is 5.75 Å². The second-order valence-electron chi connectivity index (χ2n) is 11.4. The van der Waals surface area contributed by atoms with E-state index in [0.717, 1.165) is 42.3 Å². The molecule has 4 aliphatic rings. The highest BCUT2D eigenvalue weighted by Crippen LogP contribution is 2.66. The fraction of sp³-hybridized carbons (Fsp3) is 0.455. The van der Waals surface area contributed by atoms with Gasteiger partial charge in [-0.15, -0.1) is 13.2 Å². The molecule has 2 bridgehead atoms. The van der Waals surface area contributed by atoms with Crippen molar-refractivity contribution in [3.63, 3.8) is 0 Å². The Kier molecular flexibility index (Phi) is 6.08. The normalized spacial score (nSPS) is 29.1. The molecule has 6 unspecified atom stereocenters. The highest BCUT2D eigenvalue weighted by molar-refractivity contribution is 5.94. The molecule has 0 radical (unpaired) electrons. The van der Waals surface area contributed by atoms with E-state index in [1.807, 2.05) is 23.3 Å². The summed E-state index contributed by atoms with van der Waals surface area (Å²) in [6.45, 7) is 14.5. The van der Waals surface area contributed by atoms with Gasteiger partial charge in [0, 0.05) is 0 Å².